The van der Waals surface area contributed by atoms with Crippen molar-refractivity contribution >= 4 is 24.1 Å². The summed E-state index contributed by atoms with van der Waals surface area (Å²) in [6.07, 6.45) is 29.6. The molecule has 0 bridgehead atoms. The minimum absolute atomic E-state index is 0. The maximum Gasteiger partial charge on any atom is 0.416 e. The summed E-state index contributed by atoms with van der Waals surface area (Å²) in [7, 11) is 0. The summed E-state index contributed by atoms with van der Waals surface area (Å²) < 4.78 is 43.8. The highest BCUT2D eigenvalue weighted by Gasteiger charge is 2.51. The minimum Gasteiger partial charge on any atom is -0.307 e. The van der Waals surface area contributed by atoms with Gasteiger partial charge < -0.3 is 4.79 Å². The first-order valence-corrected chi connectivity index (χ1v) is 26.7. The van der Waals surface area contributed by atoms with Gasteiger partial charge in [0.25, 0.3) is 0 Å². The number of allylic oxidation sites excluding steroid dienone is 7. The second-order valence-electron chi connectivity index (χ2n) is 22.0. The van der Waals surface area contributed by atoms with Gasteiger partial charge in [0.2, 0.25) is 0 Å². The predicted molar refractivity (Wildman–Crippen MR) is 260 cm³/mol. The highest BCUT2D eigenvalue weighted by molar-refractivity contribution is 5.95. The van der Waals surface area contributed by atoms with Crippen LogP contribution in [0.4, 0.5) is 13.2 Å². The summed E-state index contributed by atoms with van der Waals surface area (Å²) in [6, 6.07) is 0. The fraction of sp³-hybridized carbons (Fsp3) is 0.793. The van der Waals surface area contributed by atoms with Gasteiger partial charge in [0.1, 0.15) is 18.4 Å². The third-order valence-electron chi connectivity index (χ3n) is 18.4. The van der Waals surface area contributed by atoms with E-state index in [0.29, 0.717) is 42.3 Å². The maximum absolute atomic E-state index is 14.6. The van der Waals surface area contributed by atoms with Gasteiger partial charge in [0.15, 0.2) is 5.78 Å². The molecule has 0 aromatic heterocycles. The van der Waals surface area contributed by atoms with Gasteiger partial charge in [-0.25, -0.2) is 0 Å². The lowest BCUT2D eigenvalue weighted by atomic mass is 9.63. The van der Waals surface area contributed by atoms with Crippen LogP contribution < -0.4 is 0 Å². The Morgan fingerprint density at radius 2 is 1.18 bits per heavy atom. The van der Waals surface area contributed by atoms with Crippen LogP contribution in [-0.4, -0.2) is 30.3 Å². The molecule has 0 heterocycles. The van der Waals surface area contributed by atoms with Crippen molar-refractivity contribution in [1.29, 1.82) is 0 Å². The van der Waals surface area contributed by atoms with Crippen molar-refractivity contribution in [3.63, 3.8) is 0 Å². The van der Waals surface area contributed by atoms with Crippen molar-refractivity contribution in [1.82, 2.24) is 0 Å². The van der Waals surface area contributed by atoms with Gasteiger partial charge >= 0.3 is 6.18 Å². The van der Waals surface area contributed by atoms with Gasteiger partial charge in [-0.3, -0.25) is 14.4 Å². The van der Waals surface area contributed by atoms with E-state index in [4.69, 9.17) is 4.79 Å². The zero-order chi connectivity index (χ0) is 46.1. The van der Waals surface area contributed by atoms with Crippen LogP contribution in [0.3, 0.4) is 0 Å². The van der Waals surface area contributed by atoms with Gasteiger partial charge in [-0.1, -0.05) is 110 Å². The molecule has 4 nitrogen and oxygen atoms in total. The van der Waals surface area contributed by atoms with Crippen molar-refractivity contribution in [2.75, 3.05) is 0 Å². The van der Waals surface area contributed by atoms with E-state index in [1.165, 1.54) is 102 Å². The van der Waals surface area contributed by atoms with Gasteiger partial charge in [-0.2, -0.15) is 13.2 Å². The predicted octanol–water partition coefficient (Wildman–Crippen LogP) is 16.0. The molecule has 7 fully saturated rings. The number of alkyl halides is 3. The van der Waals surface area contributed by atoms with E-state index >= 15 is 0 Å². The van der Waals surface area contributed by atoms with Crippen molar-refractivity contribution in [3.05, 3.63) is 47.1 Å². The van der Waals surface area contributed by atoms with E-state index in [-0.39, 0.29) is 54.2 Å². The van der Waals surface area contributed by atoms with E-state index in [2.05, 4.69) is 20.4 Å². The van der Waals surface area contributed by atoms with E-state index in [1.54, 1.807) is 6.08 Å². The number of carbonyl (C=O) groups excluding carboxylic acids is 4. The van der Waals surface area contributed by atoms with Gasteiger partial charge in [-0.15, -0.1) is 0 Å². The molecule has 9 aliphatic carbocycles. The van der Waals surface area contributed by atoms with Crippen LogP contribution in [0.5, 0.6) is 0 Å². The molecule has 0 radical (unpaired) electrons. The van der Waals surface area contributed by atoms with Crippen LogP contribution in [0.2, 0.25) is 0 Å². The molecule has 0 aromatic rings. The molecular weight excluding hydrogens is 818 g/mol. The summed E-state index contributed by atoms with van der Waals surface area (Å²) in [5.41, 5.74) is 1.46. The number of halogens is 3. The summed E-state index contributed by atoms with van der Waals surface area (Å²) in [5, 5.41) is 0. The zero-order valence-electron chi connectivity index (χ0n) is 40.4. The molecule has 0 aliphatic heterocycles. The lowest BCUT2D eigenvalue weighted by molar-refractivity contribution is -0.133. The molecule has 65 heavy (non-hydrogen) atoms. The Bertz CT molecular complexity index is 1680. The Labute approximate surface area is 393 Å². The number of hydrogen-bond donors (Lipinski definition) is 0. The van der Waals surface area contributed by atoms with Crippen LogP contribution in [-0.2, 0) is 19.2 Å². The Kier molecular flexibility index (Phi) is 20.2. The average molecular weight is 907 g/mol. The molecule has 8 unspecified atom stereocenters. The third kappa shape index (κ3) is 12.8. The van der Waals surface area contributed by atoms with E-state index in [0.717, 1.165) is 92.6 Å². The molecule has 9 rings (SSSR count). The fourth-order valence-electron chi connectivity index (χ4n) is 14.7. The van der Waals surface area contributed by atoms with E-state index in [9.17, 15) is 27.6 Å². The first kappa shape index (κ1) is 53.4. The number of ketones is 3. The summed E-state index contributed by atoms with van der Waals surface area (Å²) >= 11 is 0. The van der Waals surface area contributed by atoms with Crippen molar-refractivity contribution in [3.8, 4) is 0 Å². The molecule has 0 amide bonds. The van der Waals surface area contributed by atoms with Crippen LogP contribution in [0.25, 0.3) is 0 Å². The van der Waals surface area contributed by atoms with Crippen LogP contribution in [0.15, 0.2) is 47.1 Å². The Morgan fingerprint density at radius 1 is 0.600 bits per heavy atom. The third-order valence-corrected chi connectivity index (χ3v) is 18.4. The fourth-order valence-corrected chi connectivity index (χ4v) is 14.7. The van der Waals surface area contributed by atoms with Crippen molar-refractivity contribution < 1.29 is 32.3 Å². The van der Waals surface area contributed by atoms with E-state index in [1.807, 2.05) is 26.7 Å². The smallest absolute Gasteiger partial charge is 0.307 e. The quantitative estimate of drug-likeness (QED) is 0.216. The number of carbonyl (C=O) groups is 4. The summed E-state index contributed by atoms with van der Waals surface area (Å²) in [6.45, 7) is 14.4. The highest BCUT2D eigenvalue weighted by Crippen LogP contribution is 2.54. The number of fused-ring (bicyclic) bond motifs is 2. The van der Waals surface area contributed by atoms with E-state index < -0.39 is 17.7 Å². The zero-order valence-corrected chi connectivity index (χ0v) is 40.4. The Balaban J connectivity index is 0.000000827. The molecule has 9 atom stereocenters. The Hall–Kier alpha value is -2.57. The second-order valence-corrected chi connectivity index (χ2v) is 22.0. The normalized spacial score (nSPS) is 37.2. The monoisotopic (exact) mass is 907 g/mol. The highest BCUT2D eigenvalue weighted by atomic mass is 19.4. The second kappa shape index (κ2) is 24.6. The van der Waals surface area contributed by atoms with Crippen molar-refractivity contribution in [2.24, 2.45) is 82.9 Å². The molecule has 0 spiro atoms. The summed E-state index contributed by atoms with van der Waals surface area (Å²) in [5.74, 6) is 5.14. The van der Waals surface area contributed by atoms with Gasteiger partial charge in [-0.05, 0) is 180 Å². The largest absolute Gasteiger partial charge is 0.416 e. The molecule has 366 valence electrons. The number of hydrogen-bond acceptors (Lipinski definition) is 4. The molecule has 9 aliphatic rings. The minimum atomic E-state index is -4.45. The number of unbranched alkanes of at least 4 members (excludes halogenated alkanes) is 1. The number of rotatable bonds is 9. The maximum atomic E-state index is 14.6. The molecule has 0 N–H and O–H groups in total. The topological polar surface area (TPSA) is 68.3 Å². The van der Waals surface area contributed by atoms with Crippen molar-refractivity contribution in [2.45, 2.75) is 208 Å². The SMILES string of the molecule is C.C=C1CC[C@@H](C2CC3CC(C4CCC(C5CCC(CC6=CC7C(=O)C(C8CCCC(CC9CCC9)C8)C=C7C(C(F)(F)F)=C6)CC5)CC4)CCC3C2=O)C(=O)C1.C=O.CC.CCCC. The number of Topliss-reactive ketones (excluding diaryl/α,β-unsaturated/α-hetero) is 3. The molecule has 7 saturated carbocycles. The van der Waals surface area contributed by atoms with Crippen LogP contribution >= 0.6 is 0 Å². The van der Waals surface area contributed by atoms with Gasteiger partial charge in [0.05, 0.1) is 11.5 Å². The van der Waals surface area contributed by atoms with Crippen LogP contribution in [0, 0.1) is 82.9 Å². The first-order valence-electron chi connectivity index (χ1n) is 26.7. The van der Waals surface area contributed by atoms with Crippen LogP contribution in [0.1, 0.15) is 202 Å². The molecule has 0 aromatic carbocycles. The average Bonchev–Trinajstić information content (AvgIpc) is 3.81. The Morgan fingerprint density at radius 3 is 1.77 bits per heavy atom. The summed E-state index contributed by atoms with van der Waals surface area (Å²) in [4.78, 5) is 48.2. The van der Waals surface area contributed by atoms with Gasteiger partial charge in [0, 0.05) is 30.1 Å². The first-order chi connectivity index (χ1) is 30.9. The molecule has 7 heteroatoms. The lowest BCUT2D eigenvalue weighted by Crippen LogP contribution is -2.33. The lowest BCUT2D eigenvalue weighted by Gasteiger charge is -2.42. The molecule has 0 saturated heterocycles. The standard InChI is InChI=1S/C50H67F3O3.C4H10.C2H6.CH2O.CH4/c1-29-8-18-41(47(54)20-29)45-27-39-26-37(17-19-40(39)48(45)55)36-15-13-35(14-16-36)34-11-9-31(10-12-34)22-33-24-44-43(46(25-33)50(51,52)53)28-42(49(44)56)38-7-3-6-32(23-38)21-30-4-2-5-30;1-3-4-2;2*1-2;/h24-25,28,30-32,34-42,44-45H,1-23,26-27H2;3-4H2,1-2H3;1-2H3;1H2;1H4/t31?,32?,34?,35?,36?,37?,38?,39?,40?,41-,42?,44?,45?;;;;/m0..../s1. The molecular formula is C58H89F3O4.